The molecule has 3 aromatic rings. The summed E-state index contributed by atoms with van der Waals surface area (Å²) in [5.41, 5.74) is 11.8. The quantitative estimate of drug-likeness (QED) is 0.563. The van der Waals surface area contributed by atoms with Gasteiger partial charge in [-0.25, -0.2) is 0 Å². The molecule has 1 fully saturated rings. The summed E-state index contributed by atoms with van der Waals surface area (Å²) in [5, 5.41) is 7.76. The first-order valence-corrected chi connectivity index (χ1v) is 9.57. The number of primary amides is 1. The van der Waals surface area contributed by atoms with E-state index in [2.05, 4.69) is 40.0 Å². The van der Waals surface area contributed by atoms with Crippen molar-refractivity contribution in [3.05, 3.63) is 59.3 Å². The molecule has 1 amide bonds. The fraction of sp³-hybridized carbons (Fsp3) is 0.318. The molecule has 1 aromatic heterocycles. The highest BCUT2D eigenvalue weighted by molar-refractivity contribution is 6.07. The van der Waals surface area contributed by atoms with E-state index < -0.39 is 5.91 Å². The Kier molecular flexibility index (Phi) is 4.97. The van der Waals surface area contributed by atoms with Crippen molar-refractivity contribution in [2.45, 2.75) is 25.3 Å². The minimum Gasteiger partial charge on any atom is -0.366 e. The lowest BCUT2D eigenvalue weighted by Gasteiger charge is -2.22. The Hall–Kier alpha value is -2.63. The highest BCUT2D eigenvalue weighted by Gasteiger charge is 2.21. The van der Waals surface area contributed by atoms with Gasteiger partial charge in [-0.1, -0.05) is 24.3 Å². The van der Waals surface area contributed by atoms with E-state index in [1.807, 2.05) is 25.2 Å². The van der Waals surface area contributed by atoms with Crippen LogP contribution in [0.1, 0.15) is 40.2 Å². The highest BCUT2D eigenvalue weighted by atomic mass is 16.1. The van der Waals surface area contributed by atoms with E-state index in [1.165, 1.54) is 11.1 Å². The Bertz CT molecular complexity index is 970. The van der Waals surface area contributed by atoms with Crippen molar-refractivity contribution in [3.63, 3.8) is 0 Å². The Labute approximate surface area is 159 Å². The molecule has 2 heterocycles. The molecule has 0 radical (unpaired) electrons. The predicted molar refractivity (Wildman–Crippen MR) is 110 cm³/mol. The van der Waals surface area contributed by atoms with Crippen LogP contribution in [0.2, 0.25) is 0 Å². The lowest BCUT2D eigenvalue weighted by atomic mass is 9.88. The molecule has 0 aliphatic carbocycles. The van der Waals surface area contributed by atoms with Gasteiger partial charge in [0, 0.05) is 18.1 Å². The van der Waals surface area contributed by atoms with Crippen LogP contribution in [0.4, 0.5) is 0 Å². The zero-order valence-electron chi connectivity index (χ0n) is 15.6. The van der Waals surface area contributed by atoms with Gasteiger partial charge in [0.25, 0.3) is 5.91 Å². The van der Waals surface area contributed by atoms with E-state index in [9.17, 15) is 4.79 Å². The second-order valence-electron chi connectivity index (χ2n) is 7.27. The fourth-order valence-corrected chi connectivity index (χ4v) is 4.22. The zero-order chi connectivity index (χ0) is 18.8. The largest absolute Gasteiger partial charge is 0.366 e. The topological polar surface area (TPSA) is 82.9 Å². The van der Waals surface area contributed by atoms with E-state index in [1.54, 1.807) is 0 Å². The van der Waals surface area contributed by atoms with Crippen LogP contribution in [0.15, 0.2) is 42.6 Å². The molecule has 0 spiro atoms. The molecule has 0 atom stereocenters. The number of H-pyrrole nitrogens is 1. The van der Waals surface area contributed by atoms with Gasteiger partial charge >= 0.3 is 0 Å². The number of rotatable bonds is 5. The van der Waals surface area contributed by atoms with Gasteiger partial charge in [-0.2, -0.15) is 0 Å². The lowest BCUT2D eigenvalue weighted by Crippen LogP contribution is -2.26. The second kappa shape index (κ2) is 7.55. The van der Waals surface area contributed by atoms with Crippen LogP contribution in [0.5, 0.6) is 0 Å². The average Bonchev–Trinajstić information content (AvgIpc) is 3.12. The molecule has 1 aliphatic heterocycles. The third-order valence-electron chi connectivity index (χ3n) is 5.56. The summed E-state index contributed by atoms with van der Waals surface area (Å²) in [5.74, 6) is 0.107. The van der Waals surface area contributed by atoms with E-state index in [4.69, 9.17) is 5.73 Å². The number of carbonyl (C=O) groups excluding carboxylic acids is 1. The van der Waals surface area contributed by atoms with Crippen molar-refractivity contribution in [3.8, 4) is 11.1 Å². The summed E-state index contributed by atoms with van der Waals surface area (Å²) in [7, 11) is 1.94. The number of piperidine rings is 1. The third-order valence-corrected chi connectivity index (χ3v) is 5.56. The number of hydrogen-bond acceptors (Lipinski definition) is 3. The number of carbonyl (C=O) groups is 1. The van der Waals surface area contributed by atoms with Crippen LogP contribution in [0.25, 0.3) is 22.0 Å². The van der Waals surface area contributed by atoms with E-state index >= 15 is 0 Å². The standard InChI is InChI=1S/C22H26N4O/c1-24-12-15-4-2-3-5-17(15)16-10-18-20(14-6-8-25-9-7-14)13-26-21(18)19(11-16)22(23)27/h2-5,10-11,13-14,24-26H,6-9,12H2,1H3,(H2,23,27). The monoisotopic (exact) mass is 362 g/mol. The van der Waals surface area contributed by atoms with Crippen LogP contribution in [0.3, 0.4) is 0 Å². The normalized spacial score (nSPS) is 15.3. The molecule has 5 N–H and O–H groups in total. The van der Waals surface area contributed by atoms with Crippen molar-refractivity contribution in [2.24, 2.45) is 5.73 Å². The lowest BCUT2D eigenvalue weighted by molar-refractivity contribution is 0.100. The Balaban J connectivity index is 1.90. The number of nitrogens with two attached hydrogens (primary N) is 1. The smallest absolute Gasteiger partial charge is 0.250 e. The van der Waals surface area contributed by atoms with Crippen LogP contribution in [-0.2, 0) is 6.54 Å². The van der Waals surface area contributed by atoms with E-state index in [-0.39, 0.29) is 0 Å². The molecule has 0 saturated carbocycles. The second-order valence-corrected chi connectivity index (χ2v) is 7.27. The first-order chi connectivity index (χ1) is 13.2. The maximum atomic E-state index is 12.2. The molecule has 5 nitrogen and oxygen atoms in total. The highest BCUT2D eigenvalue weighted by Crippen LogP contribution is 2.36. The zero-order valence-corrected chi connectivity index (χ0v) is 15.6. The Morgan fingerprint density at radius 1 is 1.22 bits per heavy atom. The van der Waals surface area contributed by atoms with E-state index in [0.29, 0.717) is 11.5 Å². The van der Waals surface area contributed by atoms with Gasteiger partial charge in [0.15, 0.2) is 0 Å². The number of aromatic amines is 1. The molecule has 0 unspecified atom stereocenters. The van der Waals surface area contributed by atoms with Gasteiger partial charge < -0.3 is 21.4 Å². The van der Waals surface area contributed by atoms with Crippen LogP contribution >= 0.6 is 0 Å². The van der Waals surface area contributed by atoms with Crippen LogP contribution in [-0.4, -0.2) is 31.0 Å². The maximum Gasteiger partial charge on any atom is 0.250 e. The van der Waals surface area contributed by atoms with Gasteiger partial charge in [-0.05, 0) is 73.3 Å². The first kappa shape index (κ1) is 17.8. The van der Waals surface area contributed by atoms with Crippen LogP contribution in [0, 0.1) is 0 Å². The summed E-state index contributed by atoms with van der Waals surface area (Å²) in [6.07, 6.45) is 4.29. The maximum absolute atomic E-state index is 12.2. The summed E-state index contributed by atoms with van der Waals surface area (Å²) < 4.78 is 0. The number of fused-ring (bicyclic) bond motifs is 1. The van der Waals surface area contributed by atoms with Gasteiger partial charge in [-0.3, -0.25) is 4.79 Å². The SMILES string of the molecule is CNCc1ccccc1-c1cc(C(N)=O)c2[nH]cc(C3CCNCC3)c2c1. The molecule has 140 valence electrons. The molecule has 1 aliphatic rings. The summed E-state index contributed by atoms with van der Waals surface area (Å²) in [4.78, 5) is 15.5. The van der Waals surface area contributed by atoms with Crippen molar-refractivity contribution in [1.82, 2.24) is 15.6 Å². The Morgan fingerprint density at radius 3 is 2.74 bits per heavy atom. The number of aromatic nitrogens is 1. The number of hydrogen-bond donors (Lipinski definition) is 4. The summed E-state index contributed by atoms with van der Waals surface area (Å²) in [6.45, 7) is 2.84. The third kappa shape index (κ3) is 3.36. The van der Waals surface area contributed by atoms with Gasteiger partial charge in [0.2, 0.25) is 0 Å². The number of benzene rings is 2. The molecular formula is C22H26N4O. The van der Waals surface area contributed by atoms with Crippen molar-refractivity contribution in [1.29, 1.82) is 0 Å². The predicted octanol–water partition coefficient (Wildman–Crippen LogP) is 3.12. The van der Waals surface area contributed by atoms with Gasteiger partial charge in [0.05, 0.1) is 11.1 Å². The molecule has 27 heavy (non-hydrogen) atoms. The summed E-state index contributed by atoms with van der Waals surface area (Å²) in [6, 6.07) is 12.4. The van der Waals surface area contributed by atoms with Crippen molar-refractivity contribution >= 4 is 16.8 Å². The number of nitrogens with one attached hydrogen (secondary N) is 3. The molecule has 2 aromatic carbocycles. The fourth-order valence-electron chi connectivity index (χ4n) is 4.22. The van der Waals surface area contributed by atoms with Crippen molar-refractivity contribution in [2.75, 3.05) is 20.1 Å². The minimum atomic E-state index is -0.397. The minimum absolute atomic E-state index is 0.397. The van der Waals surface area contributed by atoms with Crippen LogP contribution < -0.4 is 16.4 Å². The van der Waals surface area contributed by atoms with E-state index in [0.717, 1.165) is 54.5 Å². The molecule has 1 saturated heterocycles. The molecule has 4 rings (SSSR count). The summed E-state index contributed by atoms with van der Waals surface area (Å²) >= 11 is 0. The van der Waals surface area contributed by atoms with Gasteiger partial charge in [-0.15, -0.1) is 0 Å². The first-order valence-electron chi connectivity index (χ1n) is 9.57. The molecule has 0 bridgehead atoms. The average molecular weight is 362 g/mol. The van der Waals surface area contributed by atoms with Crippen molar-refractivity contribution < 1.29 is 4.79 Å². The molecular weight excluding hydrogens is 336 g/mol. The van der Waals surface area contributed by atoms with Gasteiger partial charge in [0.1, 0.15) is 0 Å². The molecule has 5 heteroatoms. The number of amides is 1. The Morgan fingerprint density at radius 2 is 2.00 bits per heavy atom.